The van der Waals surface area contributed by atoms with Gasteiger partial charge < -0.3 is 10.7 Å². The predicted molar refractivity (Wildman–Crippen MR) is 67.9 cm³/mol. The molecule has 1 saturated carbocycles. The summed E-state index contributed by atoms with van der Waals surface area (Å²) in [4.78, 5) is 4.23. The van der Waals surface area contributed by atoms with Crippen LogP contribution in [-0.4, -0.2) is 11.0 Å². The third-order valence-corrected chi connectivity index (χ3v) is 3.36. The topological polar surface area (TPSA) is 63.0 Å². The Morgan fingerprint density at radius 3 is 2.50 bits per heavy atom. The van der Waals surface area contributed by atoms with E-state index in [1.54, 1.807) is 6.07 Å². The lowest BCUT2D eigenvalue weighted by Crippen LogP contribution is -2.34. The number of rotatable bonds is 3. The van der Waals surface area contributed by atoms with Crippen LogP contribution >= 0.6 is 23.2 Å². The van der Waals surface area contributed by atoms with Crippen LogP contribution in [0.15, 0.2) is 6.07 Å². The number of nitrogens with one attached hydrogen (secondary N) is 2. The second-order valence-corrected chi connectivity index (χ2v) is 5.03. The van der Waals surface area contributed by atoms with Crippen LogP contribution in [0.4, 0.5) is 11.6 Å². The molecule has 0 aromatic carbocycles. The number of nitrogen functional groups attached to an aromatic ring is 1. The maximum Gasteiger partial charge on any atom is 0.161 e. The molecule has 1 fully saturated rings. The number of aromatic nitrogens is 1. The van der Waals surface area contributed by atoms with Crippen LogP contribution < -0.4 is 16.6 Å². The number of nitrogens with zero attached hydrogens (tertiary/aromatic N) is 1. The van der Waals surface area contributed by atoms with Gasteiger partial charge in [-0.3, -0.25) is 0 Å². The molecule has 0 radical (unpaired) electrons. The molecule has 4 N–H and O–H groups in total. The third kappa shape index (κ3) is 2.34. The summed E-state index contributed by atoms with van der Waals surface area (Å²) in [6, 6.07) is 2.09. The van der Waals surface area contributed by atoms with Gasteiger partial charge in [-0.2, -0.15) is 0 Å². The van der Waals surface area contributed by atoms with Crippen LogP contribution in [0.5, 0.6) is 0 Å². The van der Waals surface area contributed by atoms with Crippen molar-refractivity contribution in [2.75, 3.05) is 10.7 Å². The van der Waals surface area contributed by atoms with Gasteiger partial charge in [-0.05, 0) is 24.8 Å². The lowest BCUT2D eigenvalue weighted by Gasteiger charge is -2.33. The highest BCUT2D eigenvalue weighted by Gasteiger charge is 2.26. The molecule has 0 saturated heterocycles. The predicted octanol–water partition coefficient (Wildman–Crippen LogP) is 2.88. The lowest BCUT2D eigenvalue weighted by atomic mass is 9.82. The van der Waals surface area contributed by atoms with Gasteiger partial charge in [0.05, 0.1) is 10.0 Å². The molecule has 0 atom stereocenters. The van der Waals surface area contributed by atoms with Crippen LogP contribution in [0.1, 0.15) is 19.8 Å². The second-order valence-electron chi connectivity index (χ2n) is 4.21. The molecule has 6 heteroatoms. The molecule has 4 nitrogen and oxygen atoms in total. The first-order chi connectivity index (χ1) is 7.60. The Hall–Kier alpha value is -0.710. The van der Waals surface area contributed by atoms with Crippen LogP contribution in [0.25, 0.3) is 0 Å². The monoisotopic (exact) mass is 260 g/mol. The minimum atomic E-state index is 0.417. The van der Waals surface area contributed by atoms with Gasteiger partial charge in [0.1, 0.15) is 5.82 Å². The van der Waals surface area contributed by atoms with Gasteiger partial charge in [0, 0.05) is 6.04 Å². The van der Waals surface area contributed by atoms with Gasteiger partial charge in [0.15, 0.2) is 5.82 Å². The molecule has 1 aromatic rings. The van der Waals surface area contributed by atoms with E-state index in [-0.39, 0.29) is 0 Å². The summed E-state index contributed by atoms with van der Waals surface area (Å²) in [6.45, 7) is 2.22. The molecule has 1 heterocycles. The first-order valence-electron chi connectivity index (χ1n) is 5.19. The Kier molecular flexibility index (Phi) is 3.42. The van der Waals surface area contributed by atoms with Crippen molar-refractivity contribution in [2.45, 2.75) is 25.8 Å². The molecule has 0 spiro atoms. The van der Waals surface area contributed by atoms with Gasteiger partial charge >= 0.3 is 0 Å². The number of pyridine rings is 1. The van der Waals surface area contributed by atoms with Crippen molar-refractivity contribution >= 4 is 34.8 Å². The van der Waals surface area contributed by atoms with Crippen LogP contribution in [-0.2, 0) is 0 Å². The van der Waals surface area contributed by atoms with Crippen LogP contribution in [0, 0.1) is 5.92 Å². The van der Waals surface area contributed by atoms with Gasteiger partial charge in [0.2, 0.25) is 0 Å². The van der Waals surface area contributed by atoms with Crippen LogP contribution in [0.3, 0.4) is 0 Å². The minimum Gasteiger partial charge on any atom is -0.366 e. The summed E-state index contributed by atoms with van der Waals surface area (Å²) in [7, 11) is 0. The SMILES string of the molecule is CC1CC(Nc2nc(NN)c(Cl)cc2Cl)C1. The van der Waals surface area contributed by atoms with E-state index in [9.17, 15) is 0 Å². The van der Waals surface area contributed by atoms with E-state index >= 15 is 0 Å². The molecular formula is C10H14Cl2N4. The molecule has 0 amide bonds. The summed E-state index contributed by atoms with van der Waals surface area (Å²) < 4.78 is 0. The maximum atomic E-state index is 6.04. The van der Waals surface area contributed by atoms with E-state index in [2.05, 4.69) is 22.7 Å². The number of hydrogen-bond donors (Lipinski definition) is 3. The lowest BCUT2D eigenvalue weighted by molar-refractivity contribution is 0.308. The molecule has 0 aliphatic heterocycles. The number of hydrogen-bond acceptors (Lipinski definition) is 4. The highest BCUT2D eigenvalue weighted by Crippen LogP contribution is 2.33. The van der Waals surface area contributed by atoms with Gasteiger partial charge in [-0.25, -0.2) is 10.8 Å². The fourth-order valence-electron chi connectivity index (χ4n) is 1.88. The number of anilines is 2. The van der Waals surface area contributed by atoms with Crippen molar-refractivity contribution < 1.29 is 0 Å². The van der Waals surface area contributed by atoms with Crippen molar-refractivity contribution in [3.63, 3.8) is 0 Å². The quantitative estimate of drug-likeness (QED) is 0.578. The average molecular weight is 261 g/mol. The largest absolute Gasteiger partial charge is 0.366 e. The standard InChI is InChI=1S/C10H14Cl2N4/c1-5-2-6(3-5)14-9-7(11)4-8(12)10(15-9)16-13/h4-6H,2-3,13H2,1H3,(H2,14,15,16). The normalized spacial score (nSPS) is 23.8. The fraction of sp³-hybridized carbons (Fsp3) is 0.500. The van der Waals surface area contributed by atoms with E-state index in [1.807, 2.05) is 0 Å². The van der Waals surface area contributed by atoms with Gasteiger partial charge in [-0.15, -0.1) is 0 Å². The van der Waals surface area contributed by atoms with Crippen molar-refractivity contribution in [1.82, 2.24) is 4.98 Å². The summed E-state index contributed by atoms with van der Waals surface area (Å²) in [5.74, 6) is 7.14. The fourth-order valence-corrected chi connectivity index (χ4v) is 2.35. The molecule has 1 aliphatic rings. The molecule has 88 valence electrons. The zero-order valence-corrected chi connectivity index (χ0v) is 10.4. The van der Waals surface area contributed by atoms with E-state index in [4.69, 9.17) is 29.0 Å². The van der Waals surface area contributed by atoms with Gasteiger partial charge in [0.25, 0.3) is 0 Å². The van der Waals surface area contributed by atoms with E-state index < -0.39 is 0 Å². The van der Waals surface area contributed by atoms with Crippen molar-refractivity contribution in [2.24, 2.45) is 11.8 Å². The van der Waals surface area contributed by atoms with Crippen molar-refractivity contribution in [3.05, 3.63) is 16.1 Å². The first-order valence-corrected chi connectivity index (χ1v) is 5.95. The minimum absolute atomic E-state index is 0.417. The smallest absolute Gasteiger partial charge is 0.161 e. The zero-order valence-electron chi connectivity index (χ0n) is 8.93. The highest BCUT2D eigenvalue weighted by atomic mass is 35.5. The second kappa shape index (κ2) is 4.65. The summed E-state index contributed by atoms with van der Waals surface area (Å²) in [5.41, 5.74) is 2.44. The Morgan fingerprint density at radius 2 is 1.94 bits per heavy atom. The summed E-state index contributed by atoms with van der Waals surface area (Å²) in [6.07, 6.45) is 2.29. The highest BCUT2D eigenvalue weighted by molar-refractivity contribution is 6.37. The number of nitrogens with two attached hydrogens (primary N) is 1. The Bertz CT molecular complexity index is 391. The van der Waals surface area contributed by atoms with E-state index in [0.717, 1.165) is 18.8 Å². The van der Waals surface area contributed by atoms with E-state index in [0.29, 0.717) is 27.7 Å². The molecule has 1 aliphatic carbocycles. The molecular weight excluding hydrogens is 247 g/mol. The summed E-state index contributed by atoms with van der Waals surface area (Å²) >= 11 is 11.9. The molecule has 0 unspecified atom stereocenters. The molecule has 2 rings (SSSR count). The first kappa shape index (κ1) is 11.8. The number of halogens is 2. The number of hydrazine groups is 1. The third-order valence-electron chi connectivity index (χ3n) is 2.78. The molecule has 0 bridgehead atoms. The summed E-state index contributed by atoms with van der Waals surface area (Å²) in [5, 5.41) is 4.22. The molecule has 1 aromatic heterocycles. The van der Waals surface area contributed by atoms with Gasteiger partial charge in [-0.1, -0.05) is 30.1 Å². The Balaban J connectivity index is 2.13. The average Bonchev–Trinajstić information content (AvgIpc) is 2.19. The van der Waals surface area contributed by atoms with Crippen molar-refractivity contribution in [3.8, 4) is 0 Å². The Morgan fingerprint density at radius 1 is 1.31 bits per heavy atom. The van der Waals surface area contributed by atoms with E-state index in [1.165, 1.54) is 0 Å². The zero-order chi connectivity index (χ0) is 11.7. The maximum absolute atomic E-state index is 6.04. The van der Waals surface area contributed by atoms with Crippen molar-refractivity contribution in [1.29, 1.82) is 0 Å². The molecule has 16 heavy (non-hydrogen) atoms. The Labute approximate surface area is 104 Å². The van der Waals surface area contributed by atoms with Crippen LogP contribution in [0.2, 0.25) is 10.0 Å².